The van der Waals surface area contributed by atoms with E-state index in [9.17, 15) is 4.79 Å². The van der Waals surface area contributed by atoms with Crippen LogP contribution < -0.4 is 16.6 Å². The first-order valence-electron chi connectivity index (χ1n) is 10.3. The molecule has 32 heavy (non-hydrogen) atoms. The molecule has 0 aliphatic heterocycles. The zero-order chi connectivity index (χ0) is 22.2. The maximum atomic E-state index is 13.8. The first kappa shape index (κ1) is 19.6. The van der Waals surface area contributed by atoms with Crippen LogP contribution in [-0.4, -0.2) is 24.7 Å². The van der Waals surface area contributed by atoms with E-state index in [1.807, 2.05) is 41.8 Å². The number of rotatable bonds is 5. The molecule has 0 saturated heterocycles. The zero-order valence-electron chi connectivity index (χ0n) is 17.4. The minimum absolute atomic E-state index is 0.0336. The van der Waals surface area contributed by atoms with Crippen molar-refractivity contribution >= 4 is 28.2 Å². The van der Waals surface area contributed by atoms with Gasteiger partial charge in [0.25, 0.3) is 5.56 Å². The molecule has 0 unspecified atom stereocenters. The van der Waals surface area contributed by atoms with E-state index < -0.39 is 0 Å². The topological polar surface area (TPSA) is 116 Å². The lowest BCUT2D eigenvalue weighted by molar-refractivity contribution is 0.636. The lowest BCUT2D eigenvalue weighted by Crippen LogP contribution is -2.26. The van der Waals surface area contributed by atoms with Crippen LogP contribution in [0.4, 0.5) is 17.5 Å². The molecule has 3 heterocycles. The number of nitrogens with one attached hydrogen (secondary N) is 1. The standard InChI is InChI=1S/C23H20N8O/c1-13(29-21-18(25-2)12-26-23(24)30-21)19-10-14-4-3-5-17(15-8-9-27-28-11-15)20(14)22(32)31(19)16-6-7-16/h3-5,8-13,16H,6-7H2,1H3,(H3,24,26,29,30)/t13-/m0/s1. The van der Waals surface area contributed by atoms with E-state index in [1.54, 1.807) is 12.4 Å². The molecule has 4 aromatic rings. The van der Waals surface area contributed by atoms with E-state index in [2.05, 4.69) is 30.3 Å². The van der Waals surface area contributed by atoms with E-state index in [-0.39, 0.29) is 29.3 Å². The van der Waals surface area contributed by atoms with Crippen molar-refractivity contribution in [3.05, 3.63) is 76.4 Å². The first-order valence-corrected chi connectivity index (χ1v) is 10.3. The fourth-order valence-corrected chi connectivity index (χ4v) is 3.99. The number of pyridine rings is 1. The second kappa shape index (κ2) is 7.74. The van der Waals surface area contributed by atoms with Crippen LogP contribution in [0.15, 0.2) is 53.7 Å². The number of nitrogens with two attached hydrogens (primary N) is 1. The van der Waals surface area contributed by atoms with Crippen LogP contribution in [0.25, 0.3) is 26.7 Å². The van der Waals surface area contributed by atoms with Crippen LogP contribution in [0, 0.1) is 6.57 Å². The van der Waals surface area contributed by atoms with Crippen molar-refractivity contribution < 1.29 is 0 Å². The third-order valence-electron chi connectivity index (χ3n) is 5.62. The Hall–Kier alpha value is -4.32. The molecule has 1 aliphatic rings. The van der Waals surface area contributed by atoms with E-state index in [1.165, 1.54) is 6.20 Å². The summed E-state index contributed by atoms with van der Waals surface area (Å²) in [5.74, 6) is 0.437. The Morgan fingerprint density at radius 2 is 2.09 bits per heavy atom. The summed E-state index contributed by atoms with van der Waals surface area (Å²) in [5.41, 5.74) is 8.49. The Balaban J connectivity index is 1.66. The van der Waals surface area contributed by atoms with Gasteiger partial charge in [0.1, 0.15) is 5.82 Å². The summed E-state index contributed by atoms with van der Waals surface area (Å²) in [6.07, 6.45) is 6.60. The van der Waals surface area contributed by atoms with Crippen LogP contribution in [0.2, 0.25) is 0 Å². The second-order valence-corrected chi connectivity index (χ2v) is 7.82. The van der Waals surface area contributed by atoms with Crippen molar-refractivity contribution in [2.75, 3.05) is 11.1 Å². The normalized spacial score (nSPS) is 14.1. The number of benzene rings is 1. The Morgan fingerprint density at radius 3 is 2.81 bits per heavy atom. The van der Waals surface area contributed by atoms with Gasteiger partial charge in [-0.3, -0.25) is 4.79 Å². The summed E-state index contributed by atoms with van der Waals surface area (Å²) < 4.78 is 1.88. The summed E-state index contributed by atoms with van der Waals surface area (Å²) in [4.78, 5) is 25.3. The highest BCUT2D eigenvalue weighted by molar-refractivity contribution is 5.96. The highest BCUT2D eigenvalue weighted by atomic mass is 16.1. The van der Waals surface area contributed by atoms with Crippen molar-refractivity contribution in [1.29, 1.82) is 0 Å². The van der Waals surface area contributed by atoms with Gasteiger partial charge in [-0.05, 0) is 42.8 Å². The molecule has 9 heteroatoms. The molecule has 158 valence electrons. The predicted octanol–water partition coefficient (Wildman–Crippen LogP) is 3.89. The first-order chi connectivity index (χ1) is 15.6. The number of anilines is 2. The minimum atomic E-state index is -0.284. The number of nitrogen functional groups attached to an aromatic ring is 1. The van der Waals surface area contributed by atoms with Crippen molar-refractivity contribution in [2.24, 2.45) is 0 Å². The number of nitrogens with zero attached hydrogens (tertiary/aromatic N) is 6. The van der Waals surface area contributed by atoms with Crippen molar-refractivity contribution in [1.82, 2.24) is 24.7 Å². The predicted molar refractivity (Wildman–Crippen MR) is 122 cm³/mol. The smallest absolute Gasteiger partial charge is 0.259 e. The molecule has 3 aromatic heterocycles. The van der Waals surface area contributed by atoms with E-state index in [4.69, 9.17) is 12.3 Å². The van der Waals surface area contributed by atoms with Crippen molar-refractivity contribution in [2.45, 2.75) is 31.8 Å². The quantitative estimate of drug-likeness (QED) is 0.467. The summed E-state index contributed by atoms with van der Waals surface area (Å²) in [7, 11) is 0. The van der Waals surface area contributed by atoms with Crippen molar-refractivity contribution in [3.63, 3.8) is 0 Å². The van der Waals surface area contributed by atoms with Gasteiger partial charge < -0.3 is 15.6 Å². The van der Waals surface area contributed by atoms with Crippen LogP contribution >= 0.6 is 0 Å². The second-order valence-electron chi connectivity index (χ2n) is 7.82. The van der Waals surface area contributed by atoms with Gasteiger partial charge in [-0.1, -0.05) is 18.2 Å². The summed E-state index contributed by atoms with van der Waals surface area (Å²) in [6, 6.07) is 9.57. The highest BCUT2D eigenvalue weighted by Crippen LogP contribution is 2.38. The highest BCUT2D eigenvalue weighted by Gasteiger charge is 2.30. The molecule has 1 saturated carbocycles. The molecule has 1 fully saturated rings. The minimum Gasteiger partial charge on any atom is -0.371 e. The Bertz CT molecular complexity index is 1420. The van der Waals surface area contributed by atoms with Gasteiger partial charge in [-0.2, -0.15) is 10.2 Å². The largest absolute Gasteiger partial charge is 0.371 e. The Morgan fingerprint density at radius 1 is 1.25 bits per heavy atom. The number of fused-ring (bicyclic) bond motifs is 1. The van der Waals surface area contributed by atoms with E-state index in [0.717, 1.165) is 35.0 Å². The van der Waals surface area contributed by atoms with Gasteiger partial charge in [0.15, 0.2) is 0 Å². The lowest BCUT2D eigenvalue weighted by Gasteiger charge is -2.22. The molecule has 3 N–H and O–H groups in total. The van der Waals surface area contributed by atoms with Gasteiger partial charge in [-0.15, -0.1) is 0 Å². The van der Waals surface area contributed by atoms with Crippen LogP contribution in [0.1, 0.15) is 37.5 Å². The number of hydrogen-bond donors (Lipinski definition) is 2. The number of aromatic nitrogens is 5. The third-order valence-corrected chi connectivity index (χ3v) is 5.62. The van der Waals surface area contributed by atoms with Crippen LogP contribution in [0.5, 0.6) is 0 Å². The monoisotopic (exact) mass is 424 g/mol. The molecule has 0 amide bonds. The molecule has 0 bridgehead atoms. The van der Waals surface area contributed by atoms with Gasteiger partial charge in [0.05, 0.1) is 30.4 Å². The molecule has 0 radical (unpaired) electrons. The zero-order valence-corrected chi connectivity index (χ0v) is 17.4. The molecule has 0 spiro atoms. The van der Waals surface area contributed by atoms with Crippen LogP contribution in [0.3, 0.4) is 0 Å². The third kappa shape index (κ3) is 3.41. The van der Waals surface area contributed by atoms with E-state index >= 15 is 0 Å². The molecule has 1 atom stereocenters. The average molecular weight is 424 g/mol. The maximum absolute atomic E-state index is 13.8. The summed E-state index contributed by atoms with van der Waals surface area (Å²) in [6.45, 7) is 9.32. The molecular weight excluding hydrogens is 404 g/mol. The number of hydrogen-bond acceptors (Lipinski definition) is 7. The van der Waals surface area contributed by atoms with Crippen molar-refractivity contribution in [3.8, 4) is 11.1 Å². The molecule has 1 aromatic carbocycles. The van der Waals surface area contributed by atoms with Gasteiger partial charge >= 0.3 is 0 Å². The molecule has 5 rings (SSSR count). The maximum Gasteiger partial charge on any atom is 0.259 e. The summed E-state index contributed by atoms with van der Waals surface area (Å²) in [5, 5.41) is 12.6. The lowest BCUT2D eigenvalue weighted by atomic mass is 9.99. The van der Waals surface area contributed by atoms with Crippen LogP contribution in [-0.2, 0) is 0 Å². The molecular formula is C23H20N8O. The Kier molecular flexibility index (Phi) is 4.75. The van der Waals surface area contributed by atoms with Gasteiger partial charge in [0, 0.05) is 23.5 Å². The fourth-order valence-electron chi connectivity index (χ4n) is 3.99. The van der Waals surface area contributed by atoms with Gasteiger partial charge in [0.2, 0.25) is 11.6 Å². The van der Waals surface area contributed by atoms with E-state index in [0.29, 0.717) is 11.2 Å². The SMILES string of the molecule is [C-]#[N+]c1cnc(N)nc1N[C@@H](C)c1cc2cccc(-c3ccnnc3)c2c(=O)n1C1CC1. The molecule has 1 aliphatic carbocycles. The average Bonchev–Trinajstić information content (AvgIpc) is 3.64. The fraction of sp³-hybridized carbons (Fsp3) is 0.217. The van der Waals surface area contributed by atoms with Gasteiger partial charge in [-0.25, -0.2) is 14.8 Å². The Labute approximate surface area is 183 Å². The summed E-state index contributed by atoms with van der Waals surface area (Å²) >= 11 is 0. The molecule has 9 nitrogen and oxygen atoms in total.